The van der Waals surface area contributed by atoms with Gasteiger partial charge in [-0.3, -0.25) is 0 Å². The van der Waals surface area contributed by atoms with Crippen molar-refractivity contribution in [3.8, 4) is 0 Å². The Labute approximate surface area is 101 Å². The molecule has 0 aliphatic carbocycles. The summed E-state index contributed by atoms with van der Waals surface area (Å²) in [4.78, 5) is 0.897. The molecule has 0 saturated heterocycles. The number of benzene rings is 1. The van der Waals surface area contributed by atoms with Crippen LogP contribution in [0.25, 0.3) is 0 Å². The average Bonchev–Trinajstić information content (AvgIpc) is 2.74. The molecular weight excluding hydrogens is 253 g/mol. The van der Waals surface area contributed by atoms with Crippen molar-refractivity contribution in [2.75, 3.05) is 0 Å². The van der Waals surface area contributed by atoms with Gasteiger partial charge in [0.15, 0.2) is 0 Å². The molecule has 0 aliphatic rings. The predicted molar refractivity (Wildman–Crippen MR) is 62.4 cm³/mol. The molecule has 0 spiro atoms. The summed E-state index contributed by atoms with van der Waals surface area (Å²) in [6.07, 6.45) is 1.65. The quantitative estimate of drug-likeness (QED) is 0.903. The van der Waals surface area contributed by atoms with Crippen LogP contribution in [0.4, 0.5) is 0 Å². The predicted octanol–water partition coefficient (Wildman–Crippen LogP) is 2.89. The molecular formula is C9H7Cl2N3S. The molecule has 1 atom stereocenters. The van der Waals surface area contributed by atoms with Gasteiger partial charge in [0.05, 0.1) is 27.2 Å². The molecule has 78 valence electrons. The third-order valence-electron chi connectivity index (χ3n) is 1.99. The van der Waals surface area contributed by atoms with Crippen molar-refractivity contribution < 1.29 is 0 Å². The zero-order valence-electron chi connectivity index (χ0n) is 7.52. The average molecular weight is 260 g/mol. The molecule has 0 bridgehead atoms. The maximum Gasteiger partial charge on any atom is 0.0679 e. The Morgan fingerprint density at radius 3 is 2.67 bits per heavy atom. The summed E-state index contributed by atoms with van der Waals surface area (Å²) in [7, 11) is 0. The zero-order chi connectivity index (χ0) is 10.8. The van der Waals surface area contributed by atoms with E-state index in [1.165, 1.54) is 11.5 Å². The van der Waals surface area contributed by atoms with Gasteiger partial charge >= 0.3 is 0 Å². The molecule has 0 radical (unpaired) electrons. The van der Waals surface area contributed by atoms with Gasteiger partial charge in [0.1, 0.15) is 0 Å². The van der Waals surface area contributed by atoms with Gasteiger partial charge in [-0.25, -0.2) is 0 Å². The molecule has 1 aromatic carbocycles. The van der Waals surface area contributed by atoms with Crippen molar-refractivity contribution in [3.63, 3.8) is 0 Å². The third kappa shape index (κ3) is 2.29. The lowest BCUT2D eigenvalue weighted by Gasteiger charge is -2.09. The first-order chi connectivity index (χ1) is 7.18. The summed E-state index contributed by atoms with van der Waals surface area (Å²) in [6.45, 7) is 0. The minimum atomic E-state index is -0.250. The summed E-state index contributed by atoms with van der Waals surface area (Å²) in [5, 5.41) is 4.76. The van der Waals surface area contributed by atoms with Crippen LogP contribution in [0.15, 0.2) is 24.4 Å². The monoisotopic (exact) mass is 259 g/mol. The van der Waals surface area contributed by atoms with Crippen LogP contribution in [0.1, 0.15) is 16.5 Å². The molecule has 0 fully saturated rings. The molecule has 6 heteroatoms. The topological polar surface area (TPSA) is 51.8 Å². The first-order valence-corrected chi connectivity index (χ1v) is 5.69. The maximum atomic E-state index is 6.01. The van der Waals surface area contributed by atoms with E-state index in [1.54, 1.807) is 18.3 Å². The van der Waals surface area contributed by atoms with E-state index in [0.29, 0.717) is 10.0 Å². The molecule has 1 aromatic heterocycles. The van der Waals surface area contributed by atoms with Gasteiger partial charge in [-0.2, -0.15) is 0 Å². The lowest BCUT2D eigenvalue weighted by molar-refractivity contribution is 0.888. The van der Waals surface area contributed by atoms with Crippen LogP contribution < -0.4 is 5.73 Å². The Morgan fingerprint density at radius 2 is 2.07 bits per heavy atom. The molecule has 2 N–H and O–H groups in total. The van der Waals surface area contributed by atoms with Crippen molar-refractivity contribution in [2.45, 2.75) is 6.04 Å². The smallest absolute Gasteiger partial charge is 0.0679 e. The molecule has 2 aromatic rings. The Hall–Kier alpha value is -0.680. The molecule has 2 rings (SSSR count). The van der Waals surface area contributed by atoms with Crippen LogP contribution in [0, 0.1) is 0 Å². The number of hydrogen-bond acceptors (Lipinski definition) is 4. The van der Waals surface area contributed by atoms with Crippen LogP contribution in [0.3, 0.4) is 0 Å². The van der Waals surface area contributed by atoms with Crippen molar-refractivity contribution in [3.05, 3.63) is 44.9 Å². The van der Waals surface area contributed by atoms with E-state index < -0.39 is 0 Å². The Bertz CT molecular complexity index is 458. The summed E-state index contributed by atoms with van der Waals surface area (Å²) in [6, 6.07) is 5.08. The van der Waals surface area contributed by atoms with Crippen LogP contribution in [0.5, 0.6) is 0 Å². The standard InChI is InChI=1S/C9H7Cl2N3S/c10-6-2-1-5(3-7(6)11)9(12)8-4-13-14-15-8/h1-4,9H,12H2. The number of hydrogen-bond donors (Lipinski definition) is 1. The first kappa shape index (κ1) is 10.8. The van der Waals surface area contributed by atoms with E-state index in [1.807, 2.05) is 6.07 Å². The van der Waals surface area contributed by atoms with E-state index in [4.69, 9.17) is 28.9 Å². The molecule has 0 saturated carbocycles. The highest BCUT2D eigenvalue weighted by Crippen LogP contribution is 2.28. The van der Waals surface area contributed by atoms with Crippen LogP contribution in [-0.2, 0) is 0 Å². The number of aromatic nitrogens is 2. The normalized spacial score (nSPS) is 12.7. The summed E-state index contributed by atoms with van der Waals surface area (Å²) in [5.74, 6) is 0. The summed E-state index contributed by atoms with van der Waals surface area (Å²) < 4.78 is 3.76. The lowest BCUT2D eigenvalue weighted by Crippen LogP contribution is -2.10. The molecule has 15 heavy (non-hydrogen) atoms. The Kier molecular flexibility index (Phi) is 3.21. The largest absolute Gasteiger partial charge is 0.320 e. The van der Waals surface area contributed by atoms with Gasteiger partial charge in [-0.05, 0) is 29.2 Å². The highest BCUT2D eigenvalue weighted by Gasteiger charge is 2.12. The van der Waals surface area contributed by atoms with Gasteiger partial charge in [0, 0.05) is 0 Å². The van der Waals surface area contributed by atoms with E-state index >= 15 is 0 Å². The van der Waals surface area contributed by atoms with Crippen molar-refractivity contribution in [1.82, 2.24) is 9.59 Å². The fourth-order valence-corrected chi connectivity index (χ4v) is 2.02. The molecule has 1 unspecified atom stereocenters. The number of nitrogens with two attached hydrogens (primary N) is 1. The van der Waals surface area contributed by atoms with E-state index in [0.717, 1.165) is 10.4 Å². The minimum absolute atomic E-state index is 0.250. The third-order valence-corrected chi connectivity index (χ3v) is 3.47. The SMILES string of the molecule is NC(c1ccc(Cl)c(Cl)c1)c1cnns1. The van der Waals surface area contributed by atoms with Crippen LogP contribution in [-0.4, -0.2) is 9.59 Å². The van der Waals surface area contributed by atoms with Gasteiger partial charge in [-0.15, -0.1) is 5.10 Å². The van der Waals surface area contributed by atoms with E-state index in [9.17, 15) is 0 Å². The summed E-state index contributed by atoms with van der Waals surface area (Å²) in [5.41, 5.74) is 6.91. The van der Waals surface area contributed by atoms with Crippen molar-refractivity contribution >= 4 is 34.7 Å². The van der Waals surface area contributed by atoms with E-state index in [2.05, 4.69) is 9.59 Å². The minimum Gasteiger partial charge on any atom is -0.320 e. The Balaban J connectivity index is 2.34. The number of rotatable bonds is 2. The maximum absolute atomic E-state index is 6.01. The fourth-order valence-electron chi connectivity index (χ4n) is 1.18. The van der Waals surface area contributed by atoms with Crippen molar-refractivity contribution in [2.24, 2.45) is 5.73 Å². The van der Waals surface area contributed by atoms with Crippen LogP contribution in [0.2, 0.25) is 10.0 Å². The summed E-state index contributed by atoms with van der Waals surface area (Å²) >= 11 is 13.0. The molecule has 0 aliphatic heterocycles. The van der Waals surface area contributed by atoms with Crippen molar-refractivity contribution in [1.29, 1.82) is 0 Å². The van der Waals surface area contributed by atoms with Crippen LogP contribution >= 0.6 is 34.7 Å². The second-order valence-corrected chi connectivity index (χ2v) is 4.60. The number of halogens is 2. The second kappa shape index (κ2) is 4.45. The number of nitrogens with zero attached hydrogens (tertiary/aromatic N) is 2. The first-order valence-electron chi connectivity index (χ1n) is 4.16. The second-order valence-electron chi connectivity index (χ2n) is 2.97. The highest BCUT2D eigenvalue weighted by molar-refractivity contribution is 7.05. The zero-order valence-corrected chi connectivity index (χ0v) is 9.85. The van der Waals surface area contributed by atoms with Gasteiger partial charge in [0.25, 0.3) is 0 Å². The Morgan fingerprint density at radius 1 is 1.27 bits per heavy atom. The fraction of sp³-hybridized carbons (Fsp3) is 0.111. The van der Waals surface area contributed by atoms with Gasteiger partial charge in [-0.1, -0.05) is 33.8 Å². The highest BCUT2D eigenvalue weighted by atomic mass is 35.5. The van der Waals surface area contributed by atoms with Gasteiger partial charge < -0.3 is 5.73 Å². The molecule has 0 amide bonds. The lowest BCUT2D eigenvalue weighted by atomic mass is 10.1. The molecule has 1 heterocycles. The van der Waals surface area contributed by atoms with Gasteiger partial charge in [0.2, 0.25) is 0 Å². The molecule has 3 nitrogen and oxygen atoms in total. The van der Waals surface area contributed by atoms with E-state index in [-0.39, 0.29) is 6.04 Å².